The number of azide groups is 1. The molecule has 1 aliphatic heterocycles. The van der Waals surface area contributed by atoms with Crippen molar-refractivity contribution >= 4 is 23.6 Å². The molecule has 25 heavy (non-hydrogen) atoms. The zero-order valence-corrected chi connectivity index (χ0v) is 13.6. The van der Waals surface area contributed by atoms with Gasteiger partial charge in [0.25, 0.3) is 0 Å². The number of carboxylic acid groups (broad SMARTS) is 1. The van der Waals surface area contributed by atoms with Crippen LogP contribution in [0.5, 0.6) is 0 Å². The molecule has 0 radical (unpaired) electrons. The summed E-state index contributed by atoms with van der Waals surface area (Å²) in [7, 11) is 0. The van der Waals surface area contributed by atoms with Gasteiger partial charge in [-0.3, -0.25) is 9.69 Å². The van der Waals surface area contributed by atoms with Crippen LogP contribution in [0.1, 0.15) is 12.0 Å². The van der Waals surface area contributed by atoms with Crippen LogP contribution in [0.4, 0.5) is 9.18 Å². The molecule has 2 amide bonds. The summed E-state index contributed by atoms with van der Waals surface area (Å²) in [6.07, 6.45) is -1.63. The SMILES string of the molecule is [N-]=[N+]=NC[C@@]1(O)C[C@@H](C(=O)NCc2cccc(Cl)c2F)N(C(=O)O)C1. The van der Waals surface area contributed by atoms with Gasteiger partial charge in [-0.05, 0) is 11.6 Å². The molecular weight excluding hydrogens is 357 g/mol. The highest BCUT2D eigenvalue weighted by Gasteiger charge is 2.47. The Morgan fingerprint density at radius 1 is 1.56 bits per heavy atom. The van der Waals surface area contributed by atoms with Gasteiger partial charge in [0.2, 0.25) is 5.91 Å². The lowest BCUT2D eigenvalue weighted by molar-refractivity contribution is -0.125. The Bertz CT molecular complexity index is 742. The van der Waals surface area contributed by atoms with Gasteiger partial charge in [0, 0.05) is 23.4 Å². The summed E-state index contributed by atoms with van der Waals surface area (Å²) >= 11 is 5.66. The third-order valence-corrected chi connectivity index (χ3v) is 4.17. The van der Waals surface area contributed by atoms with Crippen LogP contribution in [0.25, 0.3) is 10.4 Å². The Labute approximate surface area is 146 Å². The highest BCUT2D eigenvalue weighted by atomic mass is 35.5. The molecule has 0 bridgehead atoms. The minimum absolute atomic E-state index is 0.0940. The predicted octanol–water partition coefficient (Wildman–Crippen LogP) is 1.89. The predicted molar refractivity (Wildman–Crippen MR) is 85.4 cm³/mol. The molecule has 134 valence electrons. The van der Waals surface area contributed by atoms with E-state index >= 15 is 0 Å². The van der Waals surface area contributed by atoms with E-state index in [0.717, 1.165) is 4.90 Å². The second-order valence-corrected chi connectivity index (χ2v) is 6.08. The number of benzene rings is 1. The number of carbonyl (C=O) groups is 2. The summed E-state index contributed by atoms with van der Waals surface area (Å²) < 4.78 is 13.8. The lowest BCUT2D eigenvalue weighted by atomic mass is 10.0. The largest absolute Gasteiger partial charge is 0.465 e. The fourth-order valence-electron chi connectivity index (χ4n) is 2.66. The Balaban J connectivity index is 2.09. The van der Waals surface area contributed by atoms with Gasteiger partial charge in [-0.2, -0.15) is 0 Å². The van der Waals surface area contributed by atoms with E-state index in [1.54, 1.807) is 0 Å². The van der Waals surface area contributed by atoms with Crippen molar-refractivity contribution in [3.8, 4) is 0 Å². The molecule has 0 unspecified atom stereocenters. The number of likely N-dealkylation sites (tertiary alicyclic amines) is 1. The van der Waals surface area contributed by atoms with Gasteiger partial charge >= 0.3 is 6.09 Å². The lowest BCUT2D eigenvalue weighted by Gasteiger charge is -2.20. The zero-order valence-electron chi connectivity index (χ0n) is 12.9. The van der Waals surface area contributed by atoms with Gasteiger partial charge in [-0.1, -0.05) is 28.8 Å². The topological polar surface area (TPSA) is 139 Å². The summed E-state index contributed by atoms with van der Waals surface area (Å²) in [6.45, 7) is -0.922. The zero-order chi connectivity index (χ0) is 18.6. The second kappa shape index (κ2) is 7.56. The Morgan fingerprint density at radius 2 is 2.28 bits per heavy atom. The first-order valence-corrected chi connectivity index (χ1v) is 7.58. The molecule has 1 aliphatic rings. The maximum Gasteiger partial charge on any atom is 0.408 e. The van der Waals surface area contributed by atoms with Crippen LogP contribution in [0.3, 0.4) is 0 Å². The molecule has 9 nitrogen and oxygen atoms in total. The van der Waals surface area contributed by atoms with Crippen molar-refractivity contribution in [1.82, 2.24) is 10.2 Å². The van der Waals surface area contributed by atoms with Crippen LogP contribution < -0.4 is 5.32 Å². The number of halogens is 2. The minimum Gasteiger partial charge on any atom is -0.465 e. The van der Waals surface area contributed by atoms with Crippen molar-refractivity contribution in [2.75, 3.05) is 13.1 Å². The summed E-state index contributed by atoms with van der Waals surface area (Å²) in [5.41, 5.74) is 6.85. The Kier molecular flexibility index (Phi) is 5.68. The number of carbonyl (C=O) groups excluding carboxylic acids is 1. The van der Waals surface area contributed by atoms with Crippen LogP contribution >= 0.6 is 11.6 Å². The van der Waals surface area contributed by atoms with Crippen LogP contribution in [0.2, 0.25) is 5.02 Å². The van der Waals surface area contributed by atoms with E-state index in [0.29, 0.717) is 0 Å². The van der Waals surface area contributed by atoms with Gasteiger partial charge in [0.05, 0.1) is 23.7 Å². The first-order chi connectivity index (χ1) is 11.8. The second-order valence-electron chi connectivity index (χ2n) is 5.67. The van der Waals surface area contributed by atoms with Crippen molar-refractivity contribution in [1.29, 1.82) is 0 Å². The summed E-state index contributed by atoms with van der Waals surface area (Å²) in [5.74, 6) is -1.37. The minimum atomic E-state index is -1.63. The quantitative estimate of drug-likeness (QED) is 0.413. The van der Waals surface area contributed by atoms with E-state index < -0.39 is 29.5 Å². The Morgan fingerprint density at radius 3 is 2.92 bits per heavy atom. The molecule has 1 aromatic carbocycles. The van der Waals surface area contributed by atoms with Crippen LogP contribution in [-0.2, 0) is 11.3 Å². The number of nitrogens with zero attached hydrogens (tertiary/aromatic N) is 4. The molecule has 1 aromatic rings. The van der Waals surface area contributed by atoms with Crippen LogP contribution in [0, 0.1) is 5.82 Å². The maximum atomic E-state index is 13.8. The molecule has 1 saturated heterocycles. The average molecular weight is 372 g/mol. The maximum absolute atomic E-state index is 13.8. The van der Waals surface area contributed by atoms with Gasteiger partial charge in [-0.25, -0.2) is 9.18 Å². The first kappa shape index (κ1) is 18.8. The van der Waals surface area contributed by atoms with E-state index in [9.17, 15) is 24.2 Å². The number of hydrogen-bond donors (Lipinski definition) is 3. The van der Waals surface area contributed by atoms with Gasteiger partial charge in [-0.15, -0.1) is 0 Å². The monoisotopic (exact) mass is 371 g/mol. The van der Waals surface area contributed by atoms with E-state index in [2.05, 4.69) is 15.3 Å². The summed E-state index contributed by atoms with van der Waals surface area (Å²) in [4.78, 5) is 26.9. The van der Waals surface area contributed by atoms with E-state index in [-0.39, 0.29) is 36.6 Å². The standard InChI is InChI=1S/C14H15ClFN5O4/c15-9-3-1-2-8(11(9)16)5-18-12(22)10-4-14(25,6-19-20-17)7-21(10)13(23)24/h1-3,10,25H,4-7H2,(H,18,22)(H,23,24)/t10-,14-/m0/s1. The number of β-amino-alcohol motifs (C(OH)–C–C–N with tert-alkyl or cyclic N) is 1. The number of hydrogen-bond acceptors (Lipinski definition) is 4. The van der Waals surface area contributed by atoms with Crippen molar-refractivity contribution in [3.05, 3.63) is 45.0 Å². The van der Waals surface area contributed by atoms with Gasteiger partial charge in [0.15, 0.2) is 0 Å². The highest BCUT2D eigenvalue weighted by molar-refractivity contribution is 6.30. The van der Waals surface area contributed by atoms with Gasteiger partial charge in [0.1, 0.15) is 11.9 Å². The third kappa shape index (κ3) is 4.30. The number of aliphatic hydroxyl groups is 1. The molecule has 0 aromatic heterocycles. The number of amides is 2. The third-order valence-electron chi connectivity index (χ3n) is 3.88. The lowest BCUT2D eigenvalue weighted by Crippen LogP contribution is -2.45. The summed E-state index contributed by atoms with van der Waals surface area (Å²) in [6, 6.07) is 3.13. The van der Waals surface area contributed by atoms with Crippen molar-refractivity contribution in [2.24, 2.45) is 5.11 Å². The fraction of sp³-hybridized carbons (Fsp3) is 0.429. The molecule has 0 saturated carbocycles. The molecule has 0 aliphatic carbocycles. The molecule has 2 rings (SSSR count). The number of nitrogens with one attached hydrogen (secondary N) is 1. The normalized spacial score (nSPS) is 22.4. The van der Waals surface area contributed by atoms with E-state index in [1.807, 2.05) is 0 Å². The molecule has 3 N–H and O–H groups in total. The number of rotatable bonds is 5. The molecule has 1 heterocycles. The van der Waals surface area contributed by atoms with E-state index in [1.165, 1.54) is 18.2 Å². The smallest absolute Gasteiger partial charge is 0.408 e. The van der Waals surface area contributed by atoms with Crippen molar-refractivity contribution < 1.29 is 24.2 Å². The highest BCUT2D eigenvalue weighted by Crippen LogP contribution is 2.28. The molecule has 2 atom stereocenters. The summed E-state index contributed by atoms with van der Waals surface area (Å²) in [5, 5.41) is 25.1. The Hall–Kier alpha value is -2.55. The van der Waals surface area contributed by atoms with Crippen LogP contribution in [0.15, 0.2) is 23.3 Å². The van der Waals surface area contributed by atoms with Crippen molar-refractivity contribution in [3.63, 3.8) is 0 Å². The van der Waals surface area contributed by atoms with E-state index in [4.69, 9.17) is 17.1 Å². The molecule has 0 spiro atoms. The van der Waals surface area contributed by atoms with Gasteiger partial charge < -0.3 is 15.5 Å². The first-order valence-electron chi connectivity index (χ1n) is 7.21. The average Bonchev–Trinajstić information content (AvgIpc) is 2.93. The van der Waals surface area contributed by atoms with Crippen molar-refractivity contribution in [2.45, 2.75) is 24.6 Å². The van der Waals surface area contributed by atoms with Crippen LogP contribution in [-0.4, -0.2) is 51.8 Å². The molecular formula is C14H15ClFN5O4. The molecule has 11 heteroatoms. The fourth-order valence-corrected chi connectivity index (χ4v) is 2.85. The molecule has 1 fully saturated rings.